The van der Waals surface area contributed by atoms with Gasteiger partial charge in [-0.1, -0.05) is 23.4 Å². The number of hydrogen-bond donors (Lipinski definition) is 0. The fourth-order valence-electron chi connectivity index (χ4n) is 1.24. The van der Waals surface area contributed by atoms with Crippen molar-refractivity contribution in [2.24, 2.45) is 0 Å². The van der Waals surface area contributed by atoms with E-state index in [1.165, 1.54) is 11.8 Å². The zero-order valence-corrected chi connectivity index (χ0v) is 11.7. The molecule has 0 N–H and O–H groups in total. The number of hydrogen-bond acceptors (Lipinski definition) is 3. The van der Waals surface area contributed by atoms with Gasteiger partial charge in [-0.25, -0.2) is 4.98 Å². The molecule has 0 aliphatic rings. The third kappa shape index (κ3) is 3.31. The van der Waals surface area contributed by atoms with E-state index in [0.717, 1.165) is 20.7 Å². The standard InChI is InChI=1S/C12H7BrClNOS/c13-9-1-4-12(15-6-9)17-11-3-2-10(14)5-8(11)7-16/h1-7H. The van der Waals surface area contributed by atoms with Gasteiger partial charge in [-0.3, -0.25) is 4.79 Å². The molecule has 0 bridgehead atoms. The largest absolute Gasteiger partial charge is 0.298 e. The Balaban J connectivity index is 2.29. The van der Waals surface area contributed by atoms with Crippen LogP contribution in [0.4, 0.5) is 0 Å². The molecule has 1 heterocycles. The van der Waals surface area contributed by atoms with Crippen LogP contribution in [-0.2, 0) is 0 Å². The summed E-state index contributed by atoms with van der Waals surface area (Å²) in [4.78, 5) is 16.0. The number of halogens is 2. The molecule has 2 nitrogen and oxygen atoms in total. The van der Waals surface area contributed by atoms with Crippen LogP contribution in [0.1, 0.15) is 10.4 Å². The molecular weight excluding hydrogens is 322 g/mol. The molecule has 0 saturated heterocycles. The van der Waals surface area contributed by atoms with Gasteiger partial charge in [0.05, 0.1) is 0 Å². The fourth-order valence-corrected chi connectivity index (χ4v) is 2.48. The molecule has 0 atom stereocenters. The minimum absolute atomic E-state index is 0.556. The van der Waals surface area contributed by atoms with Gasteiger partial charge in [-0.05, 0) is 46.3 Å². The average Bonchev–Trinajstić information content (AvgIpc) is 2.34. The Morgan fingerprint density at radius 2 is 2.12 bits per heavy atom. The van der Waals surface area contributed by atoms with Crippen LogP contribution in [0.5, 0.6) is 0 Å². The first-order valence-corrected chi connectivity index (χ1v) is 6.72. The van der Waals surface area contributed by atoms with Crippen LogP contribution < -0.4 is 0 Å². The number of aldehydes is 1. The van der Waals surface area contributed by atoms with Crippen molar-refractivity contribution >= 4 is 45.6 Å². The highest BCUT2D eigenvalue weighted by Gasteiger charge is 2.05. The fraction of sp³-hybridized carbons (Fsp3) is 0. The molecule has 17 heavy (non-hydrogen) atoms. The summed E-state index contributed by atoms with van der Waals surface area (Å²) in [7, 11) is 0. The molecule has 0 radical (unpaired) electrons. The summed E-state index contributed by atoms with van der Waals surface area (Å²) in [6, 6.07) is 9.02. The zero-order chi connectivity index (χ0) is 12.3. The summed E-state index contributed by atoms with van der Waals surface area (Å²) in [6.07, 6.45) is 2.52. The molecule has 0 unspecified atom stereocenters. The second kappa shape index (κ2) is 5.67. The van der Waals surface area contributed by atoms with Crippen molar-refractivity contribution in [3.63, 3.8) is 0 Å². The summed E-state index contributed by atoms with van der Waals surface area (Å²) in [6.45, 7) is 0. The Kier molecular flexibility index (Phi) is 4.20. The van der Waals surface area contributed by atoms with Crippen LogP contribution in [-0.4, -0.2) is 11.3 Å². The first-order valence-electron chi connectivity index (χ1n) is 4.73. The topological polar surface area (TPSA) is 30.0 Å². The van der Waals surface area contributed by atoms with E-state index in [0.29, 0.717) is 10.6 Å². The number of rotatable bonds is 3. The van der Waals surface area contributed by atoms with E-state index in [1.54, 1.807) is 18.3 Å². The molecule has 0 fully saturated rings. The second-order valence-electron chi connectivity index (χ2n) is 3.22. The van der Waals surface area contributed by atoms with Gasteiger partial charge in [0.1, 0.15) is 5.03 Å². The van der Waals surface area contributed by atoms with E-state index >= 15 is 0 Å². The monoisotopic (exact) mass is 327 g/mol. The molecule has 2 rings (SSSR count). The lowest BCUT2D eigenvalue weighted by Crippen LogP contribution is -1.86. The molecule has 1 aromatic heterocycles. The summed E-state index contributed by atoms with van der Waals surface area (Å²) in [5.41, 5.74) is 0.576. The van der Waals surface area contributed by atoms with Crippen molar-refractivity contribution in [1.82, 2.24) is 4.98 Å². The summed E-state index contributed by atoms with van der Waals surface area (Å²) in [5, 5.41) is 1.39. The van der Waals surface area contributed by atoms with Gasteiger partial charge in [-0.15, -0.1) is 0 Å². The minimum atomic E-state index is 0.556. The second-order valence-corrected chi connectivity index (χ2v) is 5.63. The number of pyridine rings is 1. The molecule has 0 saturated carbocycles. The molecule has 2 aromatic rings. The van der Waals surface area contributed by atoms with Crippen LogP contribution in [0.3, 0.4) is 0 Å². The van der Waals surface area contributed by atoms with Crippen LogP contribution in [0, 0.1) is 0 Å². The Morgan fingerprint density at radius 3 is 2.76 bits per heavy atom. The predicted octanol–water partition coefficient (Wildman–Crippen LogP) is 4.46. The number of carbonyl (C=O) groups is 1. The summed E-state index contributed by atoms with van der Waals surface area (Å²) >= 11 is 10.6. The van der Waals surface area contributed by atoms with Crippen LogP contribution >= 0.6 is 39.3 Å². The van der Waals surface area contributed by atoms with E-state index < -0.39 is 0 Å². The highest BCUT2D eigenvalue weighted by molar-refractivity contribution is 9.10. The predicted molar refractivity (Wildman–Crippen MR) is 72.9 cm³/mol. The van der Waals surface area contributed by atoms with E-state index in [2.05, 4.69) is 20.9 Å². The number of aromatic nitrogens is 1. The quantitative estimate of drug-likeness (QED) is 0.779. The average molecular weight is 329 g/mol. The number of nitrogens with zero attached hydrogens (tertiary/aromatic N) is 1. The van der Waals surface area contributed by atoms with Crippen molar-refractivity contribution in [1.29, 1.82) is 0 Å². The van der Waals surface area contributed by atoms with E-state index in [4.69, 9.17) is 11.6 Å². The molecule has 0 spiro atoms. The maximum Gasteiger partial charge on any atom is 0.151 e. The third-order valence-electron chi connectivity index (χ3n) is 2.01. The van der Waals surface area contributed by atoms with Crippen LogP contribution in [0.25, 0.3) is 0 Å². The minimum Gasteiger partial charge on any atom is -0.298 e. The van der Waals surface area contributed by atoms with Gasteiger partial charge in [0.2, 0.25) is 0 Å². The SMILES string of the molecule is O=Cc1cc(Cl)ccc1Sc1ccc(Br)cn1. The maximum absolute atomic E-state index is 10.9. The van der Waals surface area contributed by atoms with Crippen molar-refractivity contribution in [2.45, 2.75) is 9.92 Å². The Labute approximate surface area is 117 Å². The molecule has 0 aliphatic carbocycles. The maximum atomic E-state index is 10.9. The molecular formula is C12H7BrClNOS. The molecule has 5 heteroatoms. The van der Waals surface area contributed by atoms with E-state index in [1.807, 2.05) is 18.2 Å². The van der Waals surface area contributed by atoms with Crippen LogP contribution in [0.2, 0.25) is 5.02 Å². The highest BCUT2D eigenvalue weighted by atomic mass is 79.9. The smallest absolute Gasteiger partial charge is 0.151 e. The first kappa shape index (κ1) is 12.6. The molecule has 86 valence electrons. The summed E-state index contributed by atoms with van der Waals surface area (Å²) < 4.78 is 0.925. The lowest BCUT2D eigenvalue weighted by Gasteiger charge is -2.04. The molecule has 1 aromatic carbocycles. The van der Waals surface area contributed by atoms with Gasteiger partial charge in [0.25, 0.3) is 0 Å². The van der Waals surface area contributed by atoms with Crippen LogP contribution in [0.15, 0.2) is 50.9 Å². The lowest BCUT2D eigenvalue weighted by molar-refractivity contribution is 0.112. The Bertz CT molecular complexity index is 545. The first-order chi connectivity index (χ1) is 8.19. The van der Waals surface area contributed by atoms with Crippen molar-refractivity contribution in [3.8, 4) is 0 Å². The van der Waals surface area contributed by atoms with Crippen molar-refractivity contribution in [3.05, 3.63) is 51.6 Å². The normalized spacial score (nSPS) is 10.2. The highest BCUT2D eigenvalue weighted by Crippen LogP contribution is 2.30. The van der Waals surface area contributed by atoms with Gasteiger partial charge in [-0.2, -0.15) is 0 Å². The number of benzene rings is 1. The summed E-state index contributed by atoms with van der Waals surface area (Å²) in [5.74, 6) is 0. The zero-order valence-electron chi connectivity index (χ0n) is 8.56. The van der Waals surface area contributed by atoms with Gasteiger partial charge < -0.3 is 0 Å². The Morgan fingerprint density at radius 1 is 1.29 bits per heavy atom. The molecule has 0 aliphatic heterocycles. The number of carbonyl (C=O) groups excluding carboxylic acids is 1. The Hall–Kier alpha value is -0.840. The van der Waals surface area contributed by atoms with E-state index in [9.17, 15) is 4.79 Å². The van der Waals surface area contributed by atoms with Gasteiger partial charge >= 0.3 is 0 Å². The van der Waals surface area contributed by atoms with Crippen molar-refractivity contribution in [2.75, 3.05) is 0 Å². The van der Waals surface area contributed by atoms with Crippen molar-refractivity contribution < 1.29 is 4.79 Å². The van der Waals surface area contributed by atoms with Gasteiger partial charge in [0, 0.05) is 26.2 Å². The lowest BCUT2D eigenvalue weighted by atomic mass is 10.2. The molecule has 0 amide bonds. The third-order valence-corrected chi connectivity index (χ3v) is 3.76. The van der Waals surface area contributed by atoms with E-state index in [-0.39, 0.29) is 0 Å². The van der Waals surface area contributed by atoms with Gasteiger partial charge in [0.15, 0.2) is 6.29 Å².